The van der Waals surface area contributed by atoms with Crippen LogP contribution in [0.5, 0.6) is 0 Å². The van der Waals surface area contributed by atoms with Crippen molar-refractivity contribution in [3.05, 3.63) is 59.1 Å². The van der Waals surface area contributed by atoms with Crippen molar-refractivity contribution in [3.63, 3.8) is 0 Å². The molecule has 1 N–H and O–H groups in total. The Hall–Kier alpha value is -1.89. The van der Waals surface area contributed by atoms with Gasteiger partial charge in [0.2, 0.25) is 5.91 Å². The summed E-state index contributed by atoms with van der Waals surface area (Å²) in [6, 6.07) is 14.6. The molecular weight excluding hydrogens is 290 g/mol. The predicted octanol–water partition coefficient (Wildman–Crippen LogP) is 4.05. The topological polar surface area (TPSA) is 29.1 Å². The van der Waals surface area contributed by atoms with Gasteiger partial charge in [0.25, 0.3) is 0 Å². The maximum atomic E-state index is 11.8. The number of nitrogens with one attached hydrogen (secondary N) is 1. The number of terminal acetylenes is 1. The van der Waals surface area contributed by atoms with Crippen LogP contribution < -0.4 is 5.32 Å². The normalized spacial score (nSPS) is 9.80. The van der Waals surface area contributed by atoms with Gasteiger partial charge in [-0.25, -0.2) is 0 Å². The number of thioether (sulfide) groups is 1. The van der Waals surface area contributed by atoms with Crippen molar-refractivity contribution in [2.24, 2.45) is 0 Å². The average molecular weight is 302 g/mol. The fraction of sp³-hybridized carbons (Fsp3) is 0.0625. The fourth-order valence-corrected chi connectivity index (χ4v) is 2.39. The van der Waals surface area contributed by atoms with E-state index in [1.54, 1.807) is 18.2 Å². The average Bonchev–Trinajstić information content (AvgIpc) is 2.47. The lowest BCUT2D eigenvalue weighted by atomic mass is 10.2. The molecule has 20 heavy (non-hydrogen) atoms. The van der Waals surface area contributed by atoms with Gasteiger partial charge >= 0.3 is 0 Å². The van der Waals surface area contributed by atoms with Crippen LogP contribution in [0.1, 0.15) is 5.56 Å². The highest BCUT2D eigenvalue weighted by molar-refractivity contribution is 8.00. The van der Waals surface area contributed by atoms with Crippen LogP contribution in [0.2, 0.25) is 5.02 Å². The molecule has 0 fully saturated rings. The van der Waals surface area contributed by atoms with Gasteiger partial charge < -0.3 is 5.32 Å². The Kier molecular flexibility index (Phi) is 5.11. The number of benzene rings is 2. The molecule has 2 nitrogen and oxygen atoms in total. The van der Waals surface area contributed by atoms with Gasteiger partial charge in [0.05, 0.1) is 5.75 Å². The maximum absolute atomic E-state index is 11.8. The van der Waals surface area contributed by atoms with Crippen molar-refractivity contribution in [1.82, 2.24) is 0 Å². The van der Waals surface area contributed by atoms with Gasteiger partial charge in [0.15, 0.2) is 0 Å². The highest BCUT2D eigenvalue weighted by atomic mass is 35.5. The van der Waals surface area contributed by atoms with Gasteiger partial charge in [-0.05, 0) is 42.5 Å². The Balaban J connectivity index is 1.89. The molecule has 0 spiro atoms. The zero-order valence-electron chi connectivity index (χ0n) is 10.6. The van der Waals surface area contributed by atoms with Gasteiger partial charge in [-0.3, -0.25) is 4.79 Å². The SMILES string of the molecule is C#Cc1cccc(NC(=O)CSc2ccc(Cl)cc2)c1. The molecular formula is C16H12ClNOS. The third kappa shape index (κ3) is 4.34. The van der Waals surface area contributed by atoms with E-state index in [1.807, 2.05) is 30.3 Å². The summed E-state index contributed by atoms with van der Waals surface area (Å²) >= 11 is 7.26. The van der Waals surface area contributed by atoms with Crippen molar-refractivity contribution < 1.29 is 4.79 Å². The molecule has 0 radical (unpaired) electrons. The van der Waals surface area contributed by atoms with Gasteiger partial charge in [0.1, 0.15) is 0 Å². The Bertz CT molecular complexity index is 646. The lowest BCUT2D eigenvalue weighted by Gasteiger charge is -2.05. The van der Waals surface area contributed by atoms with Crippen molar-refractivity contribution in [3.8, 4) is 12.3 Å². The number of halogens is 1. The van der Waals surface area contributed by atoms with E-state index in [-0.39, 0.29) is 5.91 Å². The van der Waals surface area contributed by atoms with E-state index >= 15 is 0 Å². The van der Waals surface area contributed by atoms with E-state index in [4.69, 9.17) is 18.0 Å². The second kappa shape index (κ2) is 7.04. The number of amides is 1. The van der Waals surface area contributed by atoms with Crippen LogP contribution in [0.3, 0.4) is 0 Å². The molecule has 2 aromatic rings. The molecule has 0 atom stereocenters. The summed E-state index contributed by atoms with van der Waals surface area (Å²) in [6.07, 6.45) is 5.32. The first kappa shape index (κ1) is 14.5. The van der Waals surface area contributed by atoms with E-state index in [0.717, 1.165) is 10.5 Å². The molecule has 0 saturated carbocycles. The molecule has 100 valence electrons. The van der Waals surface area contributed by atoms with E-state index in [1.165, 1.54) is 11.8 Å². The minimum Gasteiger partial charge on any atom is -0.325 e. The summed E-state index contributed by atoms with van der Waals surface area (Å²) in [5.41, 5.74) is 1.45. The summed E-state index contributed by atoms with van der Waals surface area (Å²) in [5.74, 6) is 2.80. The van der Waals surface area contributed by atoms with Gasteiger partial charge in [-0.1, -0.05) is 23.6 Å². The van der Waals surface area contributed by atoms with Crippen molar-refractivity contribution in [1.29, 1.82) is 0 Å². The first-order chi connectivity index (χ1) is 9.67. The van der Waals surface area contributed by atoms with E-state index in [2.05, 4.69) is 11.2 Å². The highest BCUT2D eigenvalue weighted by Gasteiger charge is 2.04. The van der Waals surface area contributed by atoms with Crippen LogP contribution in [0.4, 0.5) is 5.69 Å². The Morgan fingerprint density at radius 1 is 1.25 bits per heavy atom. The van der Waals surface area contributed by atoms with Gasteiger partial charge in [-0.15, -0.1) is 18.2 Å². The monoisotopic (exact) mass is 301 g/mol. The van der Waals surface area contributed by atoms with Crippen LogP contribution in [-0.2, 0) is 4.79 Å². The highest BCUT2D eigenvalue weighted by Crippen LogP contribution is 2.20. The number of hydrogen-bond donors (Lipinski definition) is 1. The van der Waals surface area contributed by atoms with Crippen LogP contribution in [0.15, 0.2) is 53.4 Å². The van der Waals surface area contributed by atoms with Gasteiger partial charge in [-0.2, -0.15) is 0 Å². The Labute approximate surface area is 127 Å². The number of carbonyl (C=O) groups is 1. The molecule has 0 heterocycles. The molecule has 2 aromatic carbocycles. The Morgan fingerprint density at radius 3 is 2.70 bits per heavy atom. The summed E-state index contributed by atoms with van der Waals surface area (Å²) < 4.78 is 0. The van der Waals surface area contributed by atoms with Crippen LogP contribution in [0.25, 0.3) is 0 Å². The Morgan fingerprint density at radius 2 is 2.00 bits per heavy atom. The largest absolute Gasteiger partial charge is 0.325 e. The third-order valence-electron chi connectivity index (χ3n) is 2.50. The van der Waals surface area contributed by atoms with Crippen molar-refractivity contribution in [2.75, 3.05) is 11.1 Å². The minimum absolute atomic E-state index is 0.0703. The number of hydrogen-bond acceptors (Lipinski definition) is 2. The third-order valence-corrected chi connectivity index (χ3v) is 3.76. The minimum atomic E-state index is -0.0703. The smallest absolute Gasteiger partial charge is 0.234 e. The lowest BCUT2D eigenvalue weighted by molar-refractivity contribution is -0.113. The van der Waals surface area contributed by atoms with Crippen molar-refractivity contribution >= 4 is 35.0 Å². The first-order valence-corrected chi connectivity index (χ1v) is 7.28. The molecule has 0 aliphatic rings. The lowest BCUT2D eigenvalue weighted by Crippen LogP contribution is -2.13. The standard InChI is InChI=1S/C16H12ClNOS/c1-2-12-4-3-5-14(10-12)18-16(19)11-20-15-8-6-13(17)7-9-15/h1,3-10H,11H2,(H,18,19). The predicted molar refractivity (Wildman–Crippen MR) is 85.2 cm³/mol. The van der Waals surface area contributed by atoms with Crippen LogP contribution in [-0.4, -0.2) is 11.7 Å². The number of anilines is 1. The zero-order valence-corrected chi connectivity index (χ0v) is 12.2. The van der Waals surface area contributed by atoms with E-state index in [0.29, 0.717) is 16.5 Å². The zero-order chi connectivity index (χ0) is 14.4. The molecule has 0 aromatic heterocycles. The van der Waals surface area contributed by atoms with Crippen LogP contribution in [0, 0.1) is 12.3 Å². The summed E-state index contributed by atoms with van der Waals surface area (Å²) in [5, 5.41) is 3.50. The molecule has 1 amide bonds. The van der Waals surface area contributed by atoms with E-state index < -0.39 is 0 Å². The molecule has 4 heteroatoms. The first-order valence-electron chi connectivity index (χ1n) is 5.92. The molecule has 0 unspecified atom stereocenters. The molecule has 0 aliphatic carbocycles. The molecule has 0 bridgehead atoms. The summed E-state index contributed by atoms with van der Waals surface area (Å²) in [6.45, 7) is 0. The summed E-state index contributed by atoms with van der Waals surface area (Å²) in [7, 11) is 0. The molecule has 2 rings (SSSR count). The van der Waals surface area contributed by atoms with Crippen LogP contribution >= 0.6 is 23.4 Å². The summed E-state index contributed by atoms with van der Waals surface area (Å²) in [4.78, 5) is 12.8. The number of rotatable bonds is 4. The van der Waals surface area contributed by atoms with Crippen molar-refractivity contribution in [2.45, 2.75) is 4.90 Å². The maximum Gasteiger partial charge on any atom is 0.234 e. The molecule has 0 aliphatic heterocycles. The fourth-order valence-electron chi connectivity index (χ4n) is 1.56. The second-order valence-corrected chi connectivity index (χ2v) is 5.50. The van der Waals surface area contributed by atoms with E-state index in [9.17, 15) is 4.79 Å². The molecule has 0 saturated heterocycles. The number of carbonyl (C=O) groups excluding carboxylic acids is 1. The quantitative estimate of drug-likeness (QED) is 0.682. The second-order valence-electron chi connectivity index (χ2n) is 4.02. The van der Waals surface area contributed by atoms with Gasteiger partial charge in [0, 0.05) is 21.2 Å².